The van der Waals surface area contributed by atoms with E-state index in [4.69, 9.17) is 11.6 Å². The van der Waals surface area contributed by atoms with Crippen molar-refractivity contribution in [1.82, 2.24) is 19.9 Å². The minimum absolute atomic E-state index is 0.207. The van der Waals surface area contributed by atoms with Crippen LogP contribution < -0.4 is 11.2 Å². The second kappa shape index (κ2) is 3.85. The number of imidazole rings is 1. The van der Waals surface area contributed by atoms with Crippen molar-refractivity contribution >= 4 is 22.8 Å². The standard InChI is InChI=1S/C11H7ClN4O2/c12-6-4-2-1-3-5(6)8-13-7-9(14-8)15-11(18)16-10(7)17/h1-4H,(H3,13,14,15,16,17,18). The number of hydrogen-bond acceptors (Lipinski definition) is 3. The van der Waals surface area contributed by atoms with Crippen molar-refractivity contribution in [3.05, 3.63) is 50.1 Å². The second-order valence-electron chi connectivity index (χ2n) is 3.70. The van der Waals surface area contributed by atoms with Crippen LogP contribution in [0.3, 0.4) is 0 Å². The lowest BCUT2D eigenvalue weighted by molar-refractivity contribution is 1.07. The van der Waals surface area contributed by atoms with Gasteiger partial charge in [0.1, 0.15) is 11.3 Å². The molecule has 0 unspecified atom stereocenters. The molecule has 0 aliphatic carbocycles. The summed E-state index contributed by atoms with van der Waals surface area (Å²) >= 11 is 6.04. The van der Waals surface area contributed by atoms with Crippen molar-refractivity contribution in [2.75, 3.05) is 0 Å². The summed E-state index contributed by atoms with van der Waals surface area (Å²) in [6.07, 6.45) is 0. The minimum Gasteiger partial charge on any atom is -0.332 e. The number of rotatable bonds is 1. The minimum atomic E-state index is -0.593. The molecule has 6 nitrogen and oxygen atoms in total. The second-order valence-corrected chi connectivity index (χ2v) is 4.10. The first-order chi connectivity index (χ1) is 8.65. The third kappa shape index (κ3) is 1.63. The Kier molecular flexibility index (Phi) is 2.31. The average Bonchev–Trinajstić information content (AvgIpc) is 2.73. The third-order valence-electron chi connectivity index (χ3n) is 2.52. The summed E-state index contributed by atoms with van der Waals surface area (Å²) in [5, 5.41) is 0.510. The summed E-state index contributed by atoms with van der Waals surface area (Å²) in [5.41, 5.74) is -0.0249. The number of nitrogens with one attached hydrogen (secondary N) is 3. The van der Waals surface area contributed by atoms with Gasteiger partial charge in [-0.3, -0.25) is 14.8 Å². The van der Waals surface area contributed by atoms with Crippen LogP contribution in [0.15, 0.2) is 33.9 Å². The highest BCUT2D eigenvalue weighted by Crippen LogP contribution is 2.25. The maximum atomic E-state index is 11.5. The van der Waals surface area contributed by atoms with Crippen molar-refractivity contribution in [3.8, 4) is 11.4 Å². The van der Waals surface area contributed by atoms with E-state index in [0.29, 0.717) is 16.4 Å². The molecule has 2 aromatic heterocycles. The summed E-state index contributed by atoms with van der Waals surface area (Å²) in [7, 11) is 0. The van der Waals surface area contributed by atoms with Gasteiger partial charge in [0, 0.05) is 5.56 Å². The largest absolute Gasteiger partial charge is 0.332 e. The number of aromatic nitrogens is 4. The molecule has 3 aromatic rings. The van der Waals surface area contributed by atoms with Crippen LogP contribution in [0.5, 0.6) is 0 Å². The molecule has 0 aliphatic rings. The molecule has 90 valence electrons. The first kappa shape index (κ1) is 10.8. The number of fused-ring (bicyclic) bond motifs is 1. The molecular weight excluding hydrogens is 256 g/mol. The van der Waals surface area contributed by atoms with Gasteiger partial charge in [-0.1, -0.05) is 23.7 Å². The van der Waals surface area contributed by atoms with Crippen LogP contribution in [0.25, 0.3) is 22.6 Å². The van der Waals surface area contributed by atoms with E-state index in [1.807, 2.05) is 0 Å². The van der Waals surface area contributed by atoms with Crippen molar-refractivity contribution < 1.29 is 0 Å². The molecule has 18 heavy (non-hydrogen) atoms. The third-order valence-corrected chi connectivity index (χ3v) is 2.85. The zero-order valence-corrected chi connectivity index (χ0v) is 9.71. The Morgan fingerprint density at radius 1 is 1.06 bits per heavy atom. The van der Waals surface area contributed by atoms with Crippen molar-refractivity contribution in [1.29, 1.82) is 0 Å². The van der Waals surface area contributed by atoms with E-state index < -0.39 is 11.2 Å². The molecule has 0 saturated heterocycles. The fraction of sp³-hybridized carbons (Fsp3) is 0. The maximum Gasteiger partial charge on any atom is 0.327 e. The van der Waals surface area contributed by atoms with Crippen LogP contribution in [-0.4, -0.2) is 19.9 Å². The van der Waals surface area contributed by atoms with Crippen LogP contribution in [-0.2, 0) is 0 Å². The first-order valence-electron chi connectivity index (χ1n) is 5.12. The maximum absolute atomic E-state index is 11.5. The number of benzene rings is 1. The van der Waals surface area contributed by atoms with Crippen LogP contribution in [0.1, 0.15) is 0 Å². The SMILES string of the molecule is O=c1[nH]c(=O)c2[nH]c(-c3ccccc3Cl)nc2[nH]1. The zero-order chi connectivity index (χ0) is 12.7. The molecule has 0 bridgehead atoms. The van der Waals surface area contributed by atoms with Crippen molar-refractivity contribution in [2.45, 2.75) is 0 Å². The number of halogens is 1. The number of nitrogens with zero attached hydrogens (tertiary/aromatic N) is 1. The van der Waals surface area contributed by atoms with Gasteiger partial charge in [0.15, 0.2) is 5.65 Å². The molecule has 0 atom stereocenters. The van der Waals surface area contributed by atoms with Gasteiger partial charge in [-0.25, -0.2) is 9.78 Å². The van der Waals surface area contributed by atoms with Gasteiger partial charge in [-0.2, -0.15) is 0 Å². The quantitative estimate of drug-likeness (QED) is 0.616. The molecule has 0 fully saturated rings. The highest BCUT2D eigenvalue weighted by Gasteiger charge is 2.11. The Morgan fingerprint density at radius 2 is 1.83 bits per heavy atom. The lowest BCUT2D eigenvalue weighted by Gasteiger charge is -1.97. The van der Waals surface area contributed by atoms with Crippen LogP contribution in [0.2, 0.25) is 5.02 Å². The van der Waals surface area contributed by atoms with Crippen molar-refractivity contribution in [3.63, 3.8) is 0 Å². The smallest absolute Gasteiger partial charge is 0.327 e. The predicted molar refractivity (Wildman–Crippen MR) is 67.8 cm³/mol. The summed E-state index contributed by atoms with van der Waals surface area (Å²) in [6, 6.07) is 7.09. The molecule has 0 spiro atoms. The summed E-state index contributed by atoms with van der Waals surface area (Å²) in [4.78, 5) is 34.2. The highest BCUT2D eigenvalue weighted by atomic mass is 35.5. The molecule has 3 N–H and O–H groups in total. The van der Waals surface area contributed by atoms with E-state index in [-0.39, 0.29) is 11.2 Å². The van der Waals surface area contributed by atoms with E-state index in [1.165, 1.54) is 0 Å². The van der Waals surface area contributed by atoms with E-state index in [9.17, 15) is 9.59 Å². The number of hydrogen-bond donors (Lipinski definition) is 3. The van der Waals surface area contributed by atoms with Gasteiger partial charge < -0.3 is 4.98 Å². The van der Waals surface area contributed by atoms with Crippen molar-refractivity contribution in [2.24, 2.45) is 0 Å². The van der Waals surface area contributed by atoms with Crippen LogP contribution in [0, 0.1) is 0 Å². The molecule has 0 amide bonds. The molecular formula is C11H7ClN4O2. The molecule has 2 heterocycles. The van der Waals surface area contributed by atoms with Crippen LogP contribution >= 0.6 is 11.6 Å². The first-order valence-corrected chi connectivity index (χ1v) is 5.50. The Hall–Kier alpha value is -2.34. The van der Waals surface area contributed by atoms with Gasteiger partial charge in [-0.15, -0.1) is 0 Å². The van der Waals surface area contributed by atoms with E-state index in [1.54, 1.807) is 24.3 Å². The Labute approximate surface area is 105 Å². The normalized spacial score (nSPS) is 10.9. The Morgan fingerprint density at radius 3 is 2.61 bits per heavy atom. The fourth-order valence-electron chi connectivity index (χ4n) is 1.71. The lowest BCUT2D eigenvalue weighted by atomic mass is 10.2. The Bertz CT molecular complexity index is 846. The van der Waals surface area contributed by atoms with Gasteiger partial charge >= 0.3 is 5.69 Å². The molecule has 3 rings (SSSR count). The van der Waals surface area contributed by atoms with Crippen LogP contribution in [0.4, 0.5) is 0 Å². The summed E-state index contributed by atoms with van der Waals surface area (Å²) < 4.78 is 0. The number of H-pyrrole nitrogens is 3. The number of aromatic amines is 3. The predicted octanol–water partition coefficient (Wildman–Crippen LogP) is 1.26. The van der Waals surface area contributed by atoms with E-state index >= 15 is 0 Å². The van der Waals surface area contributed by atoms with Gasteiger partial charge in [0.05, 0.1) is 5.02 Å². The molecule has 0 saturated carbocycles. The topological polar surface area (TPSA) is 94.4 Å². The van der Waals surface area contributed by atoms with E-state index in [0.717, 1.165) is 0 Å². The lowest BCUT2D eigenvalue weighted by Crippen LogP contribution is -2.21. The zero-order valence-electron chi connectivity index (χ0n) is 8.95. The monoisotopic (exact) mass is 262 g/mol. The molecule has 7 heteroatoms. The fourth-order valence-corrected chi connectivity index (χ4v) is 1.94. The van der Waals surface area contributed by atoms with Gasteiger partial charge in [-0.05, 0) is 12.1 Å². The molecule has 1 aromatic carbocycles. The highest BCUT2D eigenvalue weighted by molar-refractivity contribution is 6.33. The Balaban J connectivity index is 2.33. The molecule has 0 radical (unpaired) electrons. The van der Waals surface area contributed by atoms with Gasteiger partial charge in [0.2, 0.25) is 0 Å². The van der Waals surface area contributed by atoms with E-state index in [2.05, 4.69) is 19.9 Å². The van der Waals surface area contributed by atoms with Gasteiger partial charge in [0.25, 0.3) is 5.56 Å². The summed E-state index contributed by atoms with van der Waals surface area (Å²) in [6.45, 7) is 0. The average molecular weight is 263 g/mol. The summed E-state index contributed by atoms with van der Waals surface area (Å²) in [5.74, 6) is 0.433. The molecule has 0 aliphatic heterocycles.